The molecule has 0 aromatic heterocycles. The molecule has 4 heteroatoms. The first-order chi connectivity index (χ1) is 15.7. The second kappa shape index (κ2) is 7.20. The van der Waals surface area contributed by atoms with E-state index in [4.69, 9.17) is 0 Å². The van der Waals surface area contributed by atoms with Crippen LogP contribution in [0.3, 0.4) is 0 Å². The van der Waals surface area contributed by atoms with Crippen LogP contribution in [0.1, 0.15) is 106 Å². The highest BCUT2D eigenvalue weighted by molar-refractivity contribution is 5.81. The van der Waals surface area contributed by atoms with Crippen LogP contribution in [-0.2, 0) is 9.59 Å². The molecular weight excluding hydrogens is 424 g/mol. The van der Waals surface area contributed by atoms with Crippen LogP contribution in [0.5, 0.6) is 0 Å². The second-order valence-electron chi connectivity index (χ2n) is 14.8. The molecule has 34 heavy (non-hydrogen) atoms. The lowest BCUT2D eigenvalue weighted by Gasteiger charge is -2.70. The summed E-state index contributed by atoms with van der Waals surface area (Å²) < 4.78 is 0. The van der Waals surface area contributed by atoms with Gasteiger partial charge in [0.25, 0.3) is 0 Å². The highest BCUT2D eigenvalue weighted by Gasteiger charge is 2.72. The summed E-state index contributed by atoms with van der Waals surface area (Å²) in [5, 5.41) is 21.9. The van der Waals surface area contributed by atoms with E-state index < -0.39 is 22.9 Å². The molecule has 9 atom stereocenters. The Morgan fingerprint density at radius 3 is 2.26 bits per heavy atom. The van der Waals surface area contributed by atoms with Gasteiger partial charge in [0.1, 0.15) is 6.29 Å². The Kier molecular flexibility index (Phi) is 5.20. The van der Waals surface area contributed by atoms with Gasteiger partial charge in [0.05, 0.1) is 16.9 Å². The molecule has 0 saturated heterocycles. The third-order valence-electron chi connectivity index (χ3n) is 12.8. The summed E-state index contributed by atoms with van der Waals surface area (Å²) in [5.41, 5.74) is -0.323. The first kappa shape index (κ1) is 24.5. The molecule has 0 bridgehead atoms. The summed E-state index contributed by atoms with van der Waals surface area (Å²) in [6.07, 6.45) is 12.1. The molecule has 5 aliphatic carbocycles. The van der Waals surface area contributed by atoms with Gasteiger partial charge < -0.3 is 15.0 Å². The maximum Gasteiger partial charge on any atom is 0.314 e. The lowest BCUT2D eigenvalue weighted by molar-refractivity contribution is -0.213. The van der Waals surface area contributed by atoms with E-state index in [1.807, 2.05) is 6.92 Å². The maximum absolute atomic E-state index is 13.5. The van der Waals surface area contributed by atoms with Crippen LogP contribution < -0.4 is 0 Å². The molecule has 2 N–H and O–H groups in total. The number of aliphatic carboxylic acids is 1. The molecule has 4 saturated carbocycles. The monoisotopic (exact) mass is 470 g/mol. The maximum atomic E-state index is 13.5. The van der Waals surface area contributed by atoms with Crippen LogP contribution in [0.4, 0.5) is 0 Å². The van der Waals surface area contributed by atoms with E-state index in [1.54, 1.807) is 0 Å². The lowest BCUT2D eigenvalue weighted by Crippen LogP contribution is -2.67. The standard InChI is InChI=1S/C30H46O4/c1-25(2)13-14-26(3)15-16-30(24(33)34)19(20(26)17-25)7-8-22-27(4)11-10-23(32)28(5,18-31)21(27)9-12-29(22,30)6/h7,18,20-23,32H,8-17H2,1-6H3,(H,33,34)/t20-,21?,22-,23-,26-,27+,28?,29-,30-/m1/s1. The molecule has 4 nitrogen and oxygen atoms in total. The van der Waals surface area contributed by atoms with Crippen LogP contribution >= 0.6 is 0 Å². The van der Waals surface area contributed by atoms with Gasteiger partial charge in [0.2, 0.25) is 0 Å². The predicted molar refractivity (Wildman–Crippen MR) is 133 cm³/mol. The topological polar surface area (TPSA) is 74.6 Å². The van der Waals surface area contributed by atoms with Gasteiger partial charge in [-0.1, -0.05) is 53.2 Å². The third kappa shape index (κ3) is 2.81. The Morgan fingerprint density at radius 1 is 0.941 bits per heavy atom. The van der Waals surface area contributed by atoms with Crippen LogP contribution in [0.2, 0.25) is 0 Å². The molecule has 5 rings (SSSR count). The van der Waals surface area contributed by atoms with Crippen molar-refractivity contribution in [2.75, 3.05) is 0 Å². The SMILES string of the molecule is CC1(C)CC[C@]2(C)CC[C@]3(C(=O)O)C(=CC[C@@H]4[C@@]5(C)CC[C@@H](O)C(C)(C=O)C5CC[C@]43C)[C@H]2C1. The Labute approximate surface area is 206 Å². The zero-order valence-corrected chi connectivity index (χ0v) is 22.2. The minimum Gasteiger partial charge on any atom is -0.481 e. The lowest BCUT2D eigenvalue weighted by atomic mass is 9.33. The molecule has 0 spiro atoms. The van der Waals surface area contributed by atoms with Crippen molar-refractivity contribution in [3.05, 3.63) is 11.6 Å². The fraction of sp³-hybridized carbons (Fsp3) is 0.867. The molecule has 4 fully saturated rings. The summed E-state index contributed by atoms with van der Waals surface area (Å²) in [7, 11) is 0. The molecule has 0 aromatic rings. The van der Waals surface area contributed by atoms with Gasteiger partial charge >= 0.3 is 5.97 Å². The number of hydrogen-bond donors (Lipinski definition) is 2. The number of aliphatic hydroxyl groups excluding tert-OH is 1. The summed E-state index contributed by atoms with van der Waals surface area (Å²) in [6.45, 7) is 13.7. The first-order valence-corrected chi connectivity index (χ1v) is 13.8. The molecule has 0 amide bonds. The van der Waals surface area contributed by atoms with E-state index in [0.29, 0.717) is 12.3 Å². The molecule has 0 aromatic carbocycles. The normalized spacial score (nSPS) is 53.9. The van der Waals surface area contributed by atoms with E-state index in [1.165, 1.54) is 18.4 Å². The zero-order valence-electron chi connectivity index (χ0n) is 22.2. The van der Waals surface area contributed by atoms with E-state index in [9.17, 15) is 19.8 Å². The molecule has 190 valence electrons. The summed E-state index contributed by atoms with van der Waals surface area (Å²) >= 11 is 0. The summed E-state index contributed by atoms with van der Waals surface area (Å²) in [5.74, 6) is 0.0409. The van der Waals surface area contributed by atoms with Crippen molar-refractivity contribution in [3.63, 3.8) is 0 Å². The number of carbonyl (C=O) groups is 2. The average molecular weight is 471 g/mol. The van der Waals surface area contributed by atoms with Crippen LogP contribution in [-0.4, -0.2) is 28.6 Å². The second-order valence-corrected chi connectivity index (χ2v) is 14.8. The van der Waals surface area contributed by atoms with Gasteiger partial charge in [-0.15, -0.1) is 0 Å². The van der Waals surface area contributed by atoms with Crippen molar-refractivity contribution in [2.45, 2.75) is 112 Å². The van der Waals surface area contributed by atoms with Crippen LogP contribution in [0.25, 0.3) is 0 Å². The van der Waals surface area contributed by atoms with Crippen molar-refractivity contribution in [2.24, 2.45) is 50.2 Å². The van der Waals surface area contributed by atoms with Crippen LogP contribution in [0.15, 0.2) is 11.6 Å². The molecule has 2 unspecified atom stereocenters. The molecule has 0 heterocycles. The van der Waals surface area contributed by atoms with Gasteiger partial charge in [0, 0.05) is 0 Å². The van der Waals surface area contributed by atoms with Crippen molar-refractivity contribution >= 4 is 12.3 Å². The molecule has 0 aliphatic heterocycles. The Bertz CT molecular complexity index is 936. The number of hydrogen-bond acceptors (Lipinski definition) is 3. The van der Waals surface area contributed by atoms with Gasteiger partial charge in [-0.2, -0.15) is 0 Å². The van der Waals surface area contributed by atoms with E-state index in [0.717, 1.165) is 51.2 Å². The van der Waals surface area contributed by atoms with E-state index in [2.05, 4.69) is 40.7 Å². The number of fused-ring (bicyclic) bond motifs is 7. The quantitative estimate of drug-likeness (QED) is 0.361. The summed E-state index contributed by atoms with van der Waals surface area (Å²) in [6, 6.07) is 0. The summed E-state index contributed by atoms with van der Waals surface area (Å²) in [4.78, 5) is 25.8. The minimum atomic E-state index is -0.810. The smallest absolute Gasteiger partial charge is 0.314 e. The van der Waals surface area contributed by atoms with Crippen molar-refractivity contribution in [1.29, 1.82) is 0 Å². The van der Waals surface area contributed by atoms with Gasteiger partial charge in [-0.05, 0) is 104 Å². The minimum absolute atomic E-state index is 0.0996. The number of aldehydes is 1. The molecule has 0 radical (unpaired) electrons. The Morgan fingerprint density at radius 2 is 1.62 bits per heavy atom. The molecular formula is C30H46O4. The van der Waals surface area contributed by atoms with Gasteiger partial charge in [0.15, 0.2) is 0 Å². The zero-order chi connectivity index (χ0) is 24.9. The van der Waals surface area contributed by atoms with Gasteiger partial charge in [-0.3, -0.25) is 4.79 Å². The van der Waals surface area contributed by atoms with Crippen molar-refractivity contribution < 1.29 is 19.8 Å². The fourth-order valence-electron chi connectivity index (χ4n) is 10.5. The van der Waals surface area contributed by atoms with E-state index in [-0.39, 0.29) is 33.5 Å². The number of carboxylic acid groups (broad SMARTS) is 1. The fourth-order valence-corrected chi connectivity index (χ4v) is 10.5. The molecule has 5 aliphatic rings. The van der Waals surface area contributed by atoms with E-state index >= 15 is 0 Å². The van der Waals surface area contributed by atoms with Crippen LogP contribution in [0, 0.1) is 50.2 Å². The highest BCUT2D eigenvalue weighted by Crippen LogP contribution is 2.75. The largest absolute Gasteiger partial charge is 0.481 e. The van der Waals surface area contributed by atoms with Crippen molar-refractivity contribution in [1.82, 2.24) is 0 Å². The van der Waals surface area contributed by atoms with Gasteiger partial charge in [-0.25, -0.2) is 0 Å². The Balaban J connectivity index is 1.65. The number of carboxylic acids is 1. The number of rotatable bonds is 2. The first-order valence-electron chi connectivity index (χ1n) is 13.8. The number of allylic oxidation sites excluding steroid dienone is 1. The third-order valence-corrected chi connectivity index (χ3v) is 12.8. The predicted octanol–water partition coefficient (Wildman–Crippen LogP) is 6.41. The van der Waals surface area contributed by atoms with Crippen molar-refractivity contribution in [3.8, 4) is 0 Å². The number of carbonyl (C=O) groups excluding carboxylic acids is 1. The number of aliphatic hydroxyl groups is 1. The average Bonchev–Trinajstić information content (AvgIpc) is 2.76. The highest BCUT2D eigenvalue weighted by atomic mass is 16.4. The Hall–Kier alpha value is -1.16.